The molecule has 2 aromatic heterocycles. The first-order valence-electron chi connectivity index (χ1n) is 7.90. The minimum atomic E-state index is 0.0284. The summed E-state index contributed by atoms with van der Waals surface area (Å²) in [5, 5.41) is 2.73. The Kier molecular flexibility index (Phi) is 4.89. The third-order valence-electron chi connectivity index (χ3n) is 4.31. The molecule has 1 saturated heterocycles. The molecule has 1 atom stereocenters. The lowest BCUT2D eigenvalue weighted by Crippen LogP contribution is -2.49. The van der Waals surface area contributed by atoms with Crippen LogP contribution >= 0.6 is 11.3 Å². The van der Waals surface area contributed by atoms with E-state index in [1.165, 1.54) is 11.3 Å². The van der Waals surface area contributed by atoms with Gasteiger partial charge in [-0.05, 0) is 18.6 Å². The first kappa shape index (κ1) is 16.6. The lowest BCUT2D eigenvalue weighted by atomic mass is 10.0. The Morgan fingerprint density at radius 3 is 3.00 bits per heavy atom. The molecular formula is C17H20N4O2S. The van der Waals surface area contributed by atoms with Crippen LogP contribution in [0.3, 0.4) is 0 Å². The van der Waals surface area contributed by atoms with Gasteiger partial charge in [0.05, 0.1) is 17.8 Å². The molecule has 0 radical (unpaired) electrons. The number of rotatable bonds is 4. The molecule has 0 aliphatic carbocycles. The van der Waals surface area contributed by atoms with E-state index in [0.29, 0.717) is 13.0 Å². The smallest absolute Gasteiger partial charge is 0.228 e. The van der Waals surface area contributed by atoms with Crippen molar-refractivity contribution in [1.82, 2.24) is 19.8 Å². The van der Waals surface area contributed by atoms with Gasteiger partial charge < -0.3 is 9.80 Å². The molecule has 2 aromatic rings. The Hall–Kier alpha value is -2.28. The van der Waals surface area contributed by atoms with E-state index in [1.807, 2.05) is 30.6 Å². The predicted octanol–water partition coefficient (Wildman–Crippen LogP) is 1.83. The van der Waals surface area contributed by atoms with Crippen molar-refractivity contribution in [2.75, 3.05) is 20.6 Å². The van der Waals surface area contributed by atoms with Crippen LogP contribution in [0.25, 0.3) is 10.7 Å². The van der Waals surface area contributed by atoms with E-state index in [9.17, 15) is 9.59 Å². The summed E-state index contributed by atoms with van der Waals surface area (Å²) in [7, 11) is 3.59. The zero-order chi connectivity index (χ0) is 17.1. The molecule has 7 heteroatoms. The van der Waals surface area contributed by atoms with E-state index in [-0.39, 0.29) is 24.3 Å². The van der Waals surface area contributed by atoms with Crippen LogP contribution in [0.5, 0.6) is 0 Å². The Labute approximate surface area is 145 Å². The summed E-state index contributed by atoms with van der Waals surface area (Å²) >= 11 is 1.50. The fourth-order valence-corrected chi connectivity index (χ4v) is 3.58. The molecule has 0 spiro atoms. The number of carbonyl (C=O) groups excluding carboxylic acids is 2. The van der Waals surface area contributed by atoms with Gasteiger partial charge in [-0.15, -0.1) is 11.3 Å². The van der Waals surface area contributed by atoms with Crippen LogP contribution in [0.15, 0.2) is 29.8 Å². The van der Waals surface area contributed by atoms with Gasteiger partial charge >= 0.3 is 0 Å². The Balaban J connectivity index is 1.63. The molecule has 2 amide bonds. The molecule has 1 aliphatic heterocycles. The van der Waals surface area contributed by atoms with Gasteiger partial charge in [0.1, 0.15) is 5.01 Å². The predicted molar refractivity (Wildman–Crippen MR) is 92.5 cm³/mol. The van der Waals surface area contributed by atoms with Gasteiger partial charge in [-0.2, -0.15) is 0 Å². The number of pyridine rings is 1. The maximum Gasteiger partial charge on any atom is 0.228 e. The highest BCUT2D eigenvalue weighted by atomic mass is 32.1. The average molecular weight is 344 g/mol. The van der Waals surface area contributed by atoms with Crippen molar-refractivity contribution in [3.8, 4) is 10.7 Å². The molecule has 126 valence electrons. The molecule has 0 saturated carbocycles. The van der Waals surface area contributed by atoms with Crippen LogP contribution in [0, 0.1) is 0 Å². The number of piperidine rings is 1. The molecule has 6 nitrogen and oxygen atoms in total. The fourth-order valence-electron chi connectivity index (χ4n) is 2.78. The summed E-state index contributed by atoms with van der Waals surface area (Å²) in [5.74, 6) is 0.173. The van der Waals surface area contributed by atoms with E-state index in [1.54, 1.807) is 23.0 Å². The number of hydrogen-bond donors (Lipinski definition) is 0. The van der Waals surface area contributed by atoms with Crippen molar-refractivity contribution in [1.29, 1.82) is 0 Å². The lowest BCUT2D eigenvalue weighted by Gasteiger charge is -2.35. The number of likely N-dealkylation sites (N-methyl/N-ethyl adjacent to an activating group) is 2. The third kappa shape index (κ3) is 3.62. The van der Waals surface area contributed by atoms with Gasteiger partial charge in [0, 0.05) is 44.7 Å². The van der Waals surface area contributed by atoms with Crippen LogP contribution in [-0.2, 0) is 16.0 Å². The van der Waals surface area contributed by atoms with Crippen molar-refractivity contribution in [3.05, 3.63) is 35.5 Å². The number of thiazole rings is 1. The van der Waals surface area contributed by atoms with Crippen molar-refractivity contribution >= 4 is 23.2 Å². The monoisotopic (exact) mass is 344 g/mol. The number of carbonyl (C=O) groups is 2. The van der Waals surface area contributed by atoms with E-state index >= 15 is 0 Å². The topological polar surface area (TPSA) is 66.4 Å². The summed E-state index contributed by atoms with van der Waals surface area (Å²) in [6.45, 7) is 0.595. The van der Waals surface area contributed by atoms with Crippen LogP contribution in [0.4, 0.5) is 0 Å². The van der Waals surface area contributed by atoms with Gasteiger partial charge in [-0.1, -0.05) is 6.07 Å². The van der Waals surface area contributed by atoms with Crippen LogP contribution in [-0.4, -0.2) is 58.3 Å². The molecular weight excluding hydrogens is 324 g/mol. The first-order chi connectivity index (χ1) is 11.5. The van der Waals surface area contributed by atoms with Crippen molar-refractivity contribution in [3.63, 3.8) is 0 Å². The highest BCUT2D eigenvalue weighted by Gasteiger charge is 2.28. The largest absolute Gasteiger partial charge is 0.344 e. The molecule has 3 heterocycles. The number of likely N-dealkylation sites (tertiary alicyclic amines) is 1. The lowest BCUT2D eigenvalue weighted by molar-refractivity contribution is -0.139. The van der Waals surface area contributed by atoms with Gasteiger partial charge in [0.2, 0.25) is 11.8 Å². The van der Waals surface area contributed by atoms with Crippen molar-refractivity contribution in [2.24, 2.45) is 0 Å². The highest BCUT2D eigenvalue weighted by molar-refractivity contribution is 7.13. The average Bonchev–Trinajstić information content (AvgIpc) is 3.06. The van der Waals surface area contributed by atoms with Crippen molar-refractivity contribution < 1.29 is 9.59 Å². The Bertz CT molecular complexity index is 731. The SMILES string of the molecule is CN1C[C@@H](N(C)C(=O)Cc2csc(-c3ccccn3)n2)CCC1=O. The highest BCUT2D eigenvalue weighted by Crippen LogP contribution is 2.22. The number of aromatic nitrogens is 2. The summed E-state index contributed by atoms with van der Waals surface area (Å²) in [6.07, 6.45) is 3.23. The van der Waals surface area contributed by atoms with Gasteiger partial charge in [-0.25, -0.2) is 4.98 Å². The summed E-state index contributed by atoms with van der Waals surface area (Å²) in [6, 6.07) is 5.77. The van der Waals surface area contributed by atoms with E-state index in [0.717, 1.165) is 22.8 Å². The molecule has 0 bridgehead atoms. The Morgan fingerprint density at radius 2 is 2.29 bits per heavy atom. The summed E-state index contributed by atoms with van der Waals surface area (Å²) in [5.41, 5.74) is 1.58. The minimum absolute atomic E-state index is 0.0284. The summed E-state index contributed by atoms with van der Waals surface area (Å²) < 4.78 is 0. The maximum absolute atomic E-state index is 12.5. The minimum Gasteiger partial charge on any atom is -0.344 e. The molecule has 0 aromatic carbocycles. The quantitative estimate of drug-likeness (QED) is 0.849. The molecule has 0 unspecified atom stereocenters. The zero-order valence-corrected chi connectivity index (χ0v) is 14.6. The Morgan fingerprint density at radius 1 is 1.46 bits per heavy atom. The van der Waals surface area contributed by atoms with Crippen LogP contribution < -0.4 is 0 Å². The van der Waals surface area contributed by atoms with Crippen LogP contribution in [0.1, 0.15) is 18.5 Å². The third-order valence-corrected chi connectivity index (χ3v) is 5.22. The van der Waals surface area contributed by atoms with E-state index < -0.39 is 0 Å². The maximum atomic E-state index is 12.5. The number of amides is 2. The first-order valence-corrected chi connectivity index (χ1v) is 8.78. The normalized spacial score (nSPS) is 17.8. The molecule has 1 aliphatic rings. The summed E-state index contributed by atoms with van der Waals surface area (Å²) in [4.78, 5) is 36.3. The zero-order valence-electron chi connectivity index (χ0n) is 13.8. The van der Waals surface area contributed by atoms with E-state index in [4.69, 9.17) is 0 Å². The molecule has 3 rings (SSSR count). The van der Waals surface area contributed by atoms with Gasteiger partial charge in [-0.3, -0.25) is 14.6 Å². The fraction of sp³-hybridized carbons (Fsp3) is 0.412. The van der Waals surface area contributed by atoms with Gasteiger partial charge in [0.25, 0.3) is 0 Å². The second-order valence-corrected chi connectivity index (χ2v) is 6.87. The second-order valence-electron chi connectivity index (χ2n) is 6.01. The van der Waals surface area contributed by atoms with Crippen molar-refractivity contribution in [2.45, 2.75) is 25.3 Å². The van der Waals surface area contributed by atoms with Crippen LogP contribution in [0.2, 0.25) is 0 Å². The van der Waals surface area contributed by atoms with E-state index in [2.05, 4.69) is 9.97 Å². The van der Waals surface area contributed by atoms with Gasteiger partial charge in [0.15, 0.2) is 0 Å². The number of nitrogens with zero attached hydrogens (tertiary/aromatic N) is 4. The number of hydrogen-bond acceptors (Lipinski definition) is 5. The molecule has 1 fully saturated rings. The standard InChI is InChI=1S/C17H20N4O2S/c1-20-10-13(6-7-15(20)22)21(2)16(23)9-12-11-24-17(19-12)14-5-3-4-8-18-14/h3-5,8,11,13H,6-7,9-10H2,1-2H3/t13-/m0/s1. The molecule has 24 heavy (non-hydrogen) atoms. The molecule has 0 N–H and O–H groups in total. The second kappa shape index (κ2) is 7.09.